The average Bonchev–Trinajstić information content (AvgIpc) is 0.782. The molecule has 0 bridgehead atoms. The first-order valence-electron chi connectivity index (χ1n) is 41.5. The van der Waals surface area contributed by atoms with E-state index in [0.717, 1.165) is 142 Å². The van der Waals surface area contributed by atoms with Gasteiger partial charge in [-0.15, -0.1) is 0 Å². The minimum absolute atomic E-state index is 0.0337. The summed E-state index contributed by atoms with van der Waals surface area (Å²) in [4.78, 5) is 135. The zero-order valence-corrected chi connectivity index (χ0v) is 75.3. The number of carbonyl (C=O) groups is 9. The number of ether oxygens (including phenoxy) is 2. The highest BCUT2D eigenvalue weighted by Crippen LogP contribution is 2.61. The molecule has 1 aliphatic rings. The molecule has 0 aromatic carbocycles. The molecule has 32 heteroatoms. The monoisotopic (exact) mass is 1720 g/mol. The molecule has 1 rings (SSSR count). The average molecular weight is 1720 g/mol. The molecule has 119 heavy (non-hydrogen) atoms. The van der Waals surface area contributed by atoms with Crippen LogP contribution in [0.2, 0.25) is 0 Å². The molecule has 15 N–H and O–H groups in total. The predicted molar refractivity (Wildman–Crippen MR) is 461 cm³/mol. The van der Waals surface area contributed by atoms with Gasteiger partial charge >= 0.3 is 33.6 Å². The number of carboxylic acid groups (broad SMARTS) is 3. The van der Waals surface area contributed by atoms with Gasteiger partial charge in [-0.1, -0.05) is 128 Å². The number of nitrogens with one attached hydrogen (secondary N) is 6. The molecule has 0 aromatic rings. The normalized spacial score (nSPS) is 19.8. The van der Waals surface area contributed by atoms with Crippen molar-refractivity contribution < 1.29 is 110 Å². The van der Waals surface area contributed by atoms with Crippen molar-refractivity contribution in [1.29, 1.82) is 0 Å². The molecule has 0 aliphatic carbocycles. The standard InChI is InChI=1S/C87H143N7O23P2/c1-56(2)29-18-30-57(3)31-19-32-58(4)33-20-34-59(5)35-21-36-60(6)37-22-38-61(7)39-23-40-62(8)41-24-42-63(9)43-25-44-64(10)45-26-46-65(11)47-27-48-66(12)53-54-113-118(109,110)117-119(111,112)116-87-77(92-71(17)96)79(78(98)75(55-95)115-87)114-70(16)82(101)89-68(14)81(100)94-74(86(107)108)51-52-76(97)93-73(50-28-49-72(88)85(105)106)83(102)90-67(13)80(99)91-69(15)84(103)104/h29,31,33,35,37,39,41,43,45,47,53,67-70,72-75,77-79,87,95,98H,18-28,30,32,34,36,38,40,42,44,46,48-52,54-55,88H2,1-17H3,(H,89,101)(H,90,102)(H,91,99)(H,92,96)(H,93,97)(H,94,100)(H,103,104)(H,105,106)(H,107,108)(H,109,110)(H,111,112)/t67-,68+,69-,70-,72?,73?,74-,75-,77-,78-,79-,87-/m1/s1. The lowest BCUT2D eigenvalue weighted by atomic mass is 9.96. The summed E-state index contributed by atoms with van der Waals surface area (Å²) < 4.78 is 52.4. The largest absolute Gasteiger partial charge is 0.483 e. The molecule has 1 fully saturated rings. The maximum Gasteiger partial charge on any atom is 0.483 e. The van der Waals surface area contributed by atoms with Crippen LogP contribution in [-0.2, 0) is 75.1 Å². The highest BCUT2D eigenvalue weighted by molar-refractivity contribution is 7.61. The Hall–Kier alpha value is -7.57. The molecule has 0 saturated carbocycles. The van der Waals surface area contributed by atoms with E-state index in [1.165, 1.54) is 75.7 Å². The molecule has 4 unspecified atom stereocenters. The van der Waals surface area contributed by atoms with Gasteiger partial charge in [0, 0.05) is 13.3 Å². The second-order valence-corrected chi connectivity index (χ2v) is 34.7. The van der Waals surface area contributed by atoms with E-state index >= 15 is 0 Å². The van der Waals surface area contributed by atoms with Gasteiger partial charge in [-0.25, -0.2) is 13.9 Å². The number of carbonyl (C=O) groups excluding carboxylic acids is 6. The Morgan fingerprint density at radius 1 is 0.437 bits per heavy atom. The van der Waals surface area contributed by atoms with Gasteiger partial charge in [-0.3, -0.25) is 47.4 Å². The molecule has 1 heterocycles. The Kier molecular flexibility index (Phi) is 54.5. The Morgan fingerprint density at radius 3 is 1.17 bits per heavy atom. The van der Waals surface area contributed by atoms with Crippen molar-refractivity contribution in [3.63, 3.8) is 0 Å². The van der Waals surface area contributed by atoms with E-state index in [4.69, 9.17) is 29.4 Å². The van der Waals surface area contributed by atoms with Gasteiger partial charge in [0.25, 0.3) is 0 Å². The highest BCUT2D eigenvalue weighted by Gasteiger charge is 2.51. The van der Waals surface area contributed by atoms with Crippen molar-refractivity contribution in [2.45, 2.75) is 351 Å². The Balaban J connectivity index is 2.73. The van der Waals surface area contributed by atoms with Crippen LogP contribution in [0.25, 0.3) is 0 Å². The summed E-state index contributed by atoms with van der Waals surface area (Å²) in [6, 6.07) is -10.6. The van der Waals surface area contributed by atoms with Crippen LogP contribution < -0.4 is 37.6 Å². The molecule has 1 saturated heterocycles. The topological polar surface area (TPSA) is 474 Å². The fraction of sp³-hybridized carbons (Fsp3) is 0.644. The van der Waals surface area contributed by atoms with Crippen LogP contribution >= 0.6 is 15.6 Å². The van der Waals surface area contributed by atoms with Crippen LogP contribution in [0.5, 0.6) is 0 Å². The van der Waals surface area contributed by atoms with Crippen LogP contribution in [0.3, 0.4) is 0 Å². The first-order valence-corrected chi connectivity index (χ1v) is 44.5. The summed E-state index contributed by atoms with van der Waals surface area (Å²) in [7, 11) is -11.2. The molecule has 1 aliphatic heterocycles. The molecule has 0 radical (unpaired) electrons. The number of hydrogen-bond acceptors (Lipinski definition) is 19. The van der Waals surface area contributed by atoms with Gasteiger partial charge in [-0.2, -0.15) is 4.31 Å². The fourth-order valence-corrected chi connectivity index (χ4v) is 14.4. The summed E-state index contributed by atoms with van der Waals surface area (Å²) >= 11 is 0. The zero-order chi connectivity index (χ0) is 90.1. The predicted octanol–water partition coefficient (Wildman–Crippen LogP) is 13.8. The first kappa shape index (κ1) is 109. The number of carboxylic acids is 3. The number of phosphoric acid groups is 2. The third-order valence-electron chi connectivity index (χ3n) is 19.9. The van der Waals surface area contributed by atoms with Crippen molar-refractivity contribution in [2.75, 3.05) is 13.2 Å². The van der Waals surface area contributed by atoms with Crippen molar-refractivity contribution in [1.82, 2.24) is 31.9 Å². The lowest BCUT2D eigenvalue weighted by molar-refractivity contribution is -0.261. The Labute approximate surface area is 706 Å². The van der Waals surface area contributed by atoms with Crippen molar-refractivity contribution in [3.8, 4) is 0 Å². The summed E-state index contributed by atoms with van der Waals surface area (Å²) in [5.41, 5.74) is 20.5. The molecule has 0 aromatic heterocycles. The summed E-state index contributed by atoms with van der Waals surface area (Å²) in [5.74, 6) is -10.2. The number of hydrogen-bond donors (Lipinski definition) is 14. The number of aliphatic hydroxyl groups is 2. The van der Waals surface area contributed by atoms with Gasteiger partial charge in [0.05, 0.1) is 13.2 Å². The summed E-state index contributed by atoms with van der Waals surface area (Å²) in [6.45, 7) is 30.1. The second kappa shape index (κ2) is 59.2. The number of aliphatic carboxylic acids is 3. The highest BCUT2D eigenvalue weighted by atomic mass is 31.3. The second-order valence-electron chi connectivity index (χ2n) is 31.7. The van der Waals surface area contributed by atoms with Crippen LogP contribution in [0.15, 0.2) is 128 Å². The molecular formula is C87H143N7O23P2. The fourth-order valence-electron chi connectivity index (χ4n) is 12.3. The van der Waals surface area contributed by atoms with E-state index in [0.29, 0.717) is 12.8 Å². The number of nitrogens with two attached hydrogens (primary N) is 1. The van der Waals surface area contributed by atoms with E-state index in [2.05, 4.69) is 173 Å². The number of rotatable bonds is 60. The molecular weight excluding hydrogens is 1570 g/mol. The van der Waals surface area contributed by atoms with E-state index < -0.39 is 168 Å². The molecule has 674 valence electrons. The van der Waals surface area contributed by atoms with Gasteiger partial charge in [-0.05, 0) is 265 Å². The lowest BCUT2D eigenvalue weighted by Crippen LogP contribution is -2.66. The van der Waals surface area contributed by atoms with Crippen molar-refractivity contribution in [3.05, 3.63) is 128 Å². The van der Waals surface area contributed by atoms with E-state index in [1.54, 1.807) is 6.92 Å². The molecule has 30 nitrogen and oxygen atoms in total. The first-order chi connectivity index (χ1) is 55.7. The van der Waals surface area contributed by atoms with Crippen molar-refractivity contribution in [2.24, 2.45) is 5.73 Å². The smallest absolute Gasteiger partial charge is 0.480 e. The van der Waals surface area contributed by atoms with Gasteiger partial charge in [0.15, 0.2) is 6.29 Å². The maximum atomic E-state index is 13.5. The summed E-state index contributed by atoms with van der Waals surface area (Å²) in [6.07, 6.45) is 34.2. The van der Waals surface area contributed by atoms with Crippen LogP contribution in [0, 0.1) is 0 Å². The number of phosphoric ester groups is 2. The number of aliphatic hydroxyl groups excluding tert-OH is 2. The Bertz CT molecular complexity index is 3740. The van der Waals surface area contributed by atoms with Gasteiger partial charge < -0.3 is 82.4 Å². The maximum absolute atomic E-state index is 13.5. The van der Waals surface area contributed by atoms with Crippen LogP contribution in [0.1, 0.15) is 278 Å². The lowest BCUT2D eigenvalue weighted by Gasteiger charge is -2.44. The minimum Gasteiger partial charge on any atom is -0.480 e. The van der Waals surface area contributed by atoms with Gasteiger partial charge in [0.1, 0.15) is 66.7 Å². The third-order valence-corrected chi connectivity index (χ3v) is 22.5. The summed E-state index contributed by atoms with van der Waals surface area (Å²) in [5, 5.41) is 63.3. The molecule has 0 spiro atoms. The number of allylic oxidation sites excluding steroid dienone is 21. The molecule has 14 atom stereocenters. The minimum atomic E-state index is -5.76. The van der Waals surface area contributed by atoms with E-state index in [9.17, 15) is 82.5 Å². The molecule has 6 amide bonds. The van der Waals surface area contributed by atoms with Crippen molar-refractivity contribution >= 4 is 69.0 Å². The van der Waals surface area contributed by atoms with Gasteiger partial charge in [0.2, 0.25) is 35.4 Å². The van der Waals surface area contributed by atoms with E-state index in [1.807, 2.05) is 0 Å². The van der Waals surface area contributed by atoms with Crippen LogP contribution in [0.4, 0.5) is 0 Å². The third kappa shape index (κ3) is 51.1. The zero-order valence-electron chi connectivity index (χ0n) is 73.5. The Morgan fingerprint density at radius 2 is 0.807 bits per heavy atom. The SMILES string of the molecule is CC(=O)N[C@H]1[C@@H](OP(=O)(O)OP(=O)(O)OCC=C(C)CCC=C(C)CCC=C(C)CCC=C(C)CCC=C(C)CCC=C(C)CCC=C(C)CCC=C(C)CCC=C(C)CCC=C(C)CCC=C(C)C)O[C@H](CO)[C@@H](O)[C@@H]1O[C@H](C)C(=O)N[C@@H](C)C(=O)N[C@H](CCC(=O)NC(CCCC(N)C(=O)O)C(=O)N[C@H](C)C(=O)N[C@H](C)C(=O)O)C(=O)O. The quantitative estimate of drug-likeness (QED) is 0.0199. The number of amides is 6. The van der Waals surface area contributed by atoms with E-state index in [-0.39, 0.29) is 19.3 Å². The van der Waals surface area contributed by atoms with Crippen LogP contribution in [-0.4, -0.2) is 175 Å².